The van der Waals surface area contributed by atoms with E-state index in [1.807, 2.05) is 12.2 Å². The smallest absolute Gasteiger partial charge is 0.208 e. The predicted octanol–water partition coefficient (Wildman–Crippen LogP) is 1.52. The van der Waals surface area contributed by atoms with E-state index >= 15 is 0 Å². The van der Waals surface area contributed by atoms with Crippen LogP contribution in [0, 0.1) is 0 Å². The Labute approximate surface area is 60.6 Å². The maximum atomic E-state index is 5.51. The normalized spacial score (nSPS) is 24.2. The van der Waals surface area contributed by atoms with E-state index in [0.29, 0.717) is 6.10 Å². The Morgan fingerprint density at radius 2 is 2.40 bits per heavy atom. The highest BCUT2D eigenvalue weighted by Crippen LogP contribution is 2.22. The minimum atomic E-state index is 0.474. The number of hydrogen-bond acceptors (Lipinski definition) is 2. The van der Waals surface area contributed by atoms with Gasteiger partial charge >= 0.3 is 0 Å². The average molecular weight is 137 g/mol. The van der Waals surface area contributed by atoms with Crippen molar-refractivity contribution in [1.29, 1.82) is 0 Å². The molecule has 1 aliphatic carbocycles. The third kappa shape index (κ3) is 1.06. The Kier molecular flexibility index (Phi) is 1.46. The molecule has 0 aromatic carbocycles. The van der Waals surface area contributed by atoms with Crippen molar-refractivity contribution in [1.82, 2.24) is 0 Å². The van der Waals surface area contributed by atoms with E-state index in [-0.39, 0.29) is 0 Å². The molecule has 0 spiro atoms. The van der Waals surface area contributed by atoms with Crippen LogP contribution in [0.5, 0.6) is 0 Å². The van der Waals surface area contributed by atoms with Crippen LogP contribution in [0.1, 0.15) is 19.3 Å². The van der Waals surface area contributed by atoms with Gasteiger partial charge in [0.25, 0.3) is 0 Å². The maximum absolute atomic E-state index is 5.51. The van der Waals surface area contributed by atoms with E-state index in [2.05, 4.69) is 4.99 Å². The van der Waals surface area contributed by atoms with Crippen LogP contribution in [0.3, 0.4) is 0 Å². The molecule has 1 aliphatic heterocycles. The Hall–Kier alpha value is -0.790. The fraction of sp³-hybridized carbons (Fsp3) is 0.625. The van der Waals surface area contributed by atoms with Gasteiger partial charge in [0.05, 0.1) is 6.54 Å². The Balaban J connectivity index is 1.83. The van der Waals surface area contributed by atoms with Crippen molar-refractivity contribution in [3.63, 3.8) is 0 Å². The summed E-state index contributed by atoms with van der Waals surface area (Å²) >= 11 is 0. The fourth-order valence-corrected chi connectivity index (χ4v) is 1.08. The highest BCUT2D eigenvalue weighted by molar-refractivity contribution is 5.89. The van der Waals surface area contributed by atoms with Gasteiger partial charge in [-0.05, 0) is 25.3 Å². The van der Waals surface area contributed by atoms with Gasteiger partial charge in [-0.2, -0.15) is 0 Å². The topological polar surface area (TPSA) is 21.6 Å². The summed E-state index contributed by atoms with van der Waals surface area (Å²) in [5.41, 5.74) is 0. The van der Waals surface area contributed by atoms with Crippen LogP contribution in [0.15, 0.2) is 17.1 Å². The summed E-state index contributed by atoms with van der Waals surface area (Å²) in [5, 5.41) is 0. The molecular formula is C8H11NO. The summed E-state index contributed by atoms with van der Waals surface area (Å²) in [4.78, 5) is 4.14. The quantitative estimate of drug-likeness (QED) is 0.537. The van der Waals surface area contributed by atoms with E-state index in [1.165, 1.54) is 19.3 Å². The van der Waals surface area contributed by atoms with Crippen molar-refractivity contribution in [2.75, 3.05) is 6.54 Å². The second kappa shape index (κ2) is 2.45. The molecule has 54 valence electrons. The standard InChI is InChI=1S/C8H11NO/c1-3-7(4-1)10-8-5-2-6-9-8/h2,5,7H,1,3-4,6H2. The van der Waals surface area contributed by atoms with Crippen molar-refractivity contribution < 1.29 is 4.74 Å². The molecule has 0 N–H and O–H groups in total. The molecule has 2 nitrogen and oxygen atoms in total. The molecule has 2 aliphatic rings. The van der Waals surface area contributed by atoms with E-state index in [0.717, 1.165) is 12.4 Å². The van der Waals surface area contributed by atoms with Crippen LogP contribution < -0.4 is 0 Å². The monoisotopic (exact) mass is 137 g/mol. The molecule has 1 heterocycles. The third-order valence-corrected chi connectivity index (χ3v) is 1.95. The summed E-state index contributed by atoms with van der Waals surface area (Å²) in [6.07, 6.45) is 8.20. The third-order valence-electron chi connectivity index (χ3n) is 1.95. The molecule has 0 amide bonds. The van der Waals surface area contributed by atoms with E-state index in [1.54, 1.807) is 0 Å². The van der Waals surface area contributed by atoms with Crippen molar-refractivity contribution in [2.24, 2.45) is 4.99 Å². The van der Waals surface area contributed by atoms with Gasteiger partial charge in [-0.25, -0.2) is 4.99 Å². The van der Waals surface area contributed by atoms with Crippen LogP contribution in [0.4, 0.5) is 0 Å². The lowest BCUT2D eigenvalue weighted by molar-refractivity contribution is 0.110. The number of aliphatic imine (C=N–C) groups is 1. The second-order valence-corrected chi connectivity index (χ2v) is 2.75. The maximum Gasteiger partial charge on any atom is 0.208 e. The highest BCUT2D eigenvalue weighted by atomic mass is 16.5. The van der Waals surface area contributed by atoms with Gasteiger partial charge in [-0.3, -0.25) is 0 Å². The average Bonchev–Trinajstić information content (AvgIpc) is 2.29. The minimum Gasteiger partial charge on any atom is -0.475 e. The number of rotatable bonds is 1. The fourth-order valence-electron chi connectivity index (χ4n) is 1.08. The number of ether oxygens (including phenoxy) is 1. The summed E-state index contributed by atoms with van der Waals surface area (Å²) in [7, 11) is 0. The lowest BCUT2D eigenvalue weighted by atomic mass is 9.96. The zero-order valence-electron chi connectivity index (χ0n) is 5.92. The first-order valence-electron chi connectivity index (χ1n) is 3.83. The molecular weight excluding hydrogens is 126 g/mol. The lowest BCUT2D eigenvalue weighted by Crippen LogP contribution is -2.23. The minimum absolute atomic E-state index is 0.474. The van der Waals surface area contributed by atoms with Crippen molar-refractivity contribution in [3.8, 4) is 0 Å². The summed E-state index contributed by atoms with van der Waals surface area (Å²) in [5.74, 6) is 0.838. The SMILES string of the molecule is C1=CC(OC2CCC2)=NC1. The van der Waals surface area contributed by atoms with Crippen LogP contribution in [-0.4, -0.2) is 18.5 Å². The molecule has 0 aromatic heterocycles. The Bertz CT molecular complexity index is 180. The first-order valence-corrected chi connectivity index (χ1v) is 3.83. The van der Waals surface area contributed by atoms with Gasteiger partial charge in [-0.15, -0.1) is 0 Å². The molecule has 1 fully saturated rings. The van der Waals surface area contributed by atoms with E-state index < -0.39 is 0 Å². The molecule has 2 heteroatoms. The zero-order chi connectivity index (χ0) is 6.81. The molecule has 1 saturated carbocycles. The van der Waals surface area contributed by atoms with E-state index in [4.69, 9.17) is 4.74 Å². The zero-order valence-corrected chi connectivity index (χ0v) is 5.92. The van der Waals surface area contributed by atoms with Gasteiger partial charge in [0.1, 0.15) is 6.10 Å². The summed E-state index contributed by atoms with van der Waals surface area (Å²) in [6.45, 7) is 0.808. The molecule has 10 heavy (non-hydrogen) atoms. The van der Waals surface area contributed by atoms with Gasteiger partial charge in [0, 0.05) is 0 Å². The highest BCUT2D eigenvalue weighted by Gasteiger charge is 2.20. The first kappa shape index (κ1) is 5.96. The lowest BCUT2D eigenvalue weighted by Gasteiger charge is -2.25. The van der Waals surface area contributed by atoms with Gasteiger partial charge in [-0.1, -0.05) is 6.08 Å². The number of nitrogens with zero attached hydrogens (tertiary/aromatic N) is 1. The summed E-state index contributed by atoms with van der Waals surface area (Å²) in [6, 6.07) is 0. The number of hydrogen-bond donors (Lipinski definition) is 0. The van der Waals surface area contributed by atoms with E-state index in [9.17, 15) is 0 Å². The van der Waals surface area contributed by atoms with Gasteiger partial charge in [0.2, 0.25) is 5.90 Å². The van der Waals surface area contributed by atoms with Crippen LogP contribution in [0.25, 0.3) is 0 Å². The molecule has 0 unspecified atom stereocenters. The Morgan fingerprint density at radius 3 is 2.90 bits per heavy atom. The van der Waals surface area contributed by atoms with Gasteiger partial charge < -0.3 is 4.74 Å². The largest absolute Gasteiger partial charge is 0.475 e. The molecule has 0 saturated heterocycles. The Morgan fingerprint density at radius 1 is 1.50 bits per heavy atom. The second-order valence-electron chi connectivity index (χ2n) is 2.75. The molecule has 0 radical (unpaired) electrons. The van der Waals surface area contributed by atoms with Crippen LogP contribution in [-0.2, 0) is 4.74 Å². The molecule has 0 bridgehead atoms. The molecule has 0 atom stereocenters. The predicted molar refractivity (Wildman–Crippen MR) is 40.2 cm³/mol. The first-order chi connectivity index (χ1) is 4.95. The van der Waals surface area contributed by atoms with Crippen molar-refractivity contribution in [2.45, 2.75) is 25.4 Å². The van der Waals surface area contributed by atoms with Gasteiger partial charge in [0.15, 0.2) is 0 Å². The van der Waals surface area contributed by atoms with Crippen LogP contribution in [0.2, 0.25) is 0 Å². The van der Waals surface area contributed by atoms with Crippen molar-refractivity contribution in [3.05, 3.63) is 12.2 Å². The molecule has 0 aromatic rings. The van der Waals surface area contributed by atoms with Crippen LogP contribution >= 0.6 is 0 Å². The summed E-state index contributed by atoms with van der Waals surface area (Å²) < 4.78 is 5.51. The van der Waals surface area contributed by atoms with Crippen molar-refractivity contribution >= 4 is 5.90 Å². The molecule has 2 rings (SSSR count).